The maximum Gasteiger partial charge on any atom is 0.132 e. The van der Waals surface area contributed by atoms with Crippen molar-refractivity contribution < 1.29 is 9.84 Å². The summed E-state index contributed by atoms with van der Waals surface area (Å²) in [5.74, 6) is 1.19. The second kappa shape index (κ2) is 5.00. The van der Waals surface area contributed by atoms with Crippen LogP contribution in [0, 0.1) is 20.8 Å². The molecule has 0 spiro atoms. The summed E-state index contributed by atoms with van der Waals surface area (Å²) in [6, 6.07) is 0. The summed E-state index contributed by atoms with van der Waals surface area (Å²) >= 11 is 0. The summed E-state index contributed by atoms with van der Waals surface area (Å²) < 4.78 is 6.16. The molecule has 1 aliphatic heterocycles. The van der Waals surface area contributed by atoms with Crippen molar-refractivity contribution in [1.82, 2.24) is 5.43 Å². The van der Waals surface area contributed by atoms with Gasteiger partial charge in [0.05, 0.1) is 5.71 Å². The number of fused-ring (bicyclic) bond motifs is 1. The van der Waals surface area contributed by atoms with Crippen LogP contribution in [0.4, 0.5) is 0 Å². The highest BCUT2D eigenvalue weighted by Crippen LogP contribution is 2.43. The Balaban J connectivity index is 2.71. The number of ether oxygens (including phenoxy) is 1. The second-order valence-electron chi connectivity index (χ2n) is 6.04. The summed E-state index contributed by atoms with van der Waals surface area (Å²) in [6.45, 7) is 12.7. The number of hydrogen-bond donors (Lipinski definition) is 2. The summed E-state index contributed by atoms with van der Waals surface area (Å²) in [5, 5.41) is 14.8. The molecule has 0 unspecified atom stereocenters. The number of nitrogens with zero attached hydrogens (tertiary/aromatic N) is 1. The molecule has 0 atom stereocenters. The minimum absolute atomic E-state index is 0.290. The molecule has 0 amide bonds. The molecule has 2 rings (SSSR count). The van der Waals surface area contributed by atoms with Gasteiger partial charge in [0.25, 0.3) is 0 Å². The lowest BCUT2D eigenvalue weighted by Crippen LogP contribution is -2.38. The van der Waals surface area contributed by atoms with E-state index >= 15 is 0 Å². The Morgan fingerprint density at radius 2 is 1.85 bits per heavy atom. The first-order valence-electron chi connectivity index (χ1n) is 7.10. The minimum Gasteiger partial charge on any atom is -0.507 e. The summed E-state index contributed by atoms with van der Waals surface area (Å²) in [7, 11) is 0. The lowest BCUT2D eigenvalue weighted by atomic mass is 9.86. The van der Waals surface area contributed by atoms with Gasteiger partial charge in [-0.2, -0.15) is 5.10 Å². The van der Waals surface area contributed by atoms with Crippen molar-refractivity contribution in [1.29, 1.82) is 0 Å². The minimum atomic E-state index is -0.290. The molecule has 4 heteroatoms. The maximum atomic E-state index is 10.3. The number of rotatable bonds is 2. The van der Waals surface area contributed by atoms with Crippen LogP contribution in [-0.4, -0.2) is 23.0 Å². The second-order valence-corrected chi connectivity index (χ2v) is 6.04. The van der Waals surface area contributed by atoms with Gasteiger partial charge in [0.15, 0.2) is 0 Å². The van der Waals surface area contributed by atoms with E-state index in [1.54, 1.807) is 0 Å². The highest BCUT2D eigenvalue weighted by molar-refractivity contribution is 6.06. The molecule has 0 radical (unpaired) electrons. The molecule has 0 bridgehead atoms. The Hall–Kier alpha value is -1.71. The SMILES string of the molecule is CCNN=C1CC(C)(C)Oc2c(C)c(C)c(O)c(C)c21. The fourth-order valence-electron chi connectivity index (χ4n) is 2.65. The Kier molecular flexibility index (Phi) is 3.67. The van der Waals surface area contributed by atoms with Crippen LogP contribution < -0.4 is 10.2 Å². The van der Waals surface area contributed by atoms with Gasteiger partial charge in [0.2, 0.25) is 0 Å². The predicted molar refractivity (Wildman–Crippen MR) is 81.9 cm³/mol. The summed E-state index contributed by atoms with van der Waals surface area (Å²) in [6.07, 6.45) is 0.718. The lowest BCUT2D eigenvalue weighted by Gasteiger charge is -2.36. The molecular weight excluding hydrogens is 252 g/mol. The molecule has 0 aliphatic carbocycles. The molecule has 1 aromatic rings. The monoisotopic (exact) mass is 276 g/mol. The first-order valence-corrected chi connectivity index (χ1v) is 7.10. The van der Waals surface area contributed by atoms with Crippen LogP contribution in [0.1, 0.15) is 49.4 Å². The average Bonchev–Trinajstić information content (AvgIpc) is 2.38. The summed E-state index contributed by atoms with van der Waals surface area (Å²) in [4.78, 5) is 0. The van der Waals surface area contributed by atoms with E-state index in [-0.39, 0.29) is 5.60 Å². The molecule has 4 nitrogen and oxygen atoms in total. The normalized spacial score (nSPS) is 18.6. The van der Waals surface area contributed by atoms with E-state index in [1.165, 1.54) is 0 Å². The fourth-order valence-corrected chi connectivity index (χ4v) is 2.65. The third kappa shape index (κ3) is 2.35. The van der Waals surface area contributed by atoms with E-state index < -0.39 is 0 Å². The van der Waals surface area contributed by atoms with E-state index in [9.17, 15) is 5.11 Å². The van der Waals surface area contributed by atoms with E-state index in [1.807, 2.05) is 27.7 Å². The number of aromatic hydroxyl groups is 1. The number of nitrogens with one attached hydrogen (secondary N) is 1. The Morgan fingerprint density at radius 1 is 1.20 bits per heavy atom. The number of phenolic OH excluding ortho intramolecular Hbond substituents is 1. The van der Waals surface area contributed by atoms with E-state index in [4.69, 9.17) is 4.74 Å². The third-order valence-corrected chi connectivity index (χ3v) is 3.85. The van der Waals surface area contributed by atoms with Crippen LogP contribution in [0.2, 0.25) is 0 Å². The van der Waals surface area contributed by atoms with Crippen LogP contribution in [0.3, 0.4) is 0 Å². The van der Waals surface area contributed by atoms with Gasteiger partial charge in [-0.15, -0.1) is 0 Å². The maximum absolute atomic E-state index is 10.3. The van der Waals surface area contributed by atoms with E-state index in [0.717, 1.165) is 46.7 Å². The van der Waals surface area contributed by atoms with Crippen molar-refractivity contribution in [3.05, 3.63) is 22.3 Å². The van der Waals surface area contributed by atoms with Crippen molar-refractivity contribution in [2.24, 2.45) is 5.10 Å². The van der Waals surface area contributed by atoms with Gasteiger partial charge in [0.1, 0.15) is 17.1 Å². The molecule has 1 heterocycles. The zero-order chi connectivity index (χ0) is 15.1. The largest absolute Gasteiger partial charge is 0.507 e. The molecular formula is C16H24N2O2. The van der Waals surface area contributed by atoms with Crippen LogP contribution in [0.5, 0.6) is 11.5 Å². The van der Waals surface area contributed by atoms with Crippen molar-refractivity contribution in [2.75, 3.05) is 6.54 Å². The van der Waals surface area contributed by atoms with Gasteiger partial charge < -0.3 is 15.3 Å². The topological polar surface area (TPSA) is 53.9 Å². The van der Waals surface area contributed by atoms with Gasteiger partial charge in [-0.25, -0.2) is 0 Å². The first-order chi connectivity index (χ1) is 9.28. The molecule has 0 saturated heterocycles. The predicted octanol–water partition coefficient (Wildman–Crippen LogP) is 3.19. The van der Waals surface area contributed by atoms with Crippen LogP contribution in [0.25, 0.3) is 0 Å². The van der Waals surface area contributed by atoms with Gasteiger partial charge in [-0.1, -0.05) is 0 Å². The highest BCUT2D eigenvalue weighted by atomic mass is 16.5. The van der Waals surface area contributed by atoms with Crippen LogP contribution in [0.15, 0.2) is 5.10 Å². The zero-order valence-electron chi connectivity index (χ0n) is 13.2. The van der Waals surface area contributed by atoms with Gasteiger partial charge in [-0.05, 0) is 52.7 Å². The highest BCUT2D eigenvalue weighted by Gasteiger charge is 2.35. The van der Waals surface area contributed by atoms with Crippen molar-refractivity contribution in [3.63, 3.8) is 0 Å². The molecule has 0 saturated carbocycles. The first kappa shape index (κ1) is 14.7. The number of benzene rings is 1. The zero-order valence-corrected chi connectivity index (χ0v) is 13.2. The molecule has 0 aromatic heterocycles. The van der Waals surface area contributed by atoms with Crippen LogP contribution >= 0.6 is 0 Å². The standard InChI is InChI=1S/C16H24N2O2/c1-7-17-18-12-8-16(5,6)20-15-10(3)9(2)14(19)11(4)13(12)15/h17,19H,7-8H2,1-6H3. The van der Waals surface area contributed by atoms with E-state index in [0.29, 0.717) is 5.75 Å². The summed E-state index contributed by atoms with van der Waals surface area (Å²) in [5.41, 5.74) is 7.33. The smallest absolute Gasteiger partial charge is 0.132 e. The van der Waals surface area contributed by atoms with Crippen molar-refractivity contribution in [3.8, 4) is 11.5 Å². The quantitative estimate of drug-likeness (QED) is 0.816. The number of phenols is 1. The van der Waals surface area contributed by atoms with Crippen molar-refractivity contribution in [2.45, 2.75) is 53.6 Å². The third-order valence-electron chi connectivity index (χ3n) is 3.85. The lowest BCUT2D eigenvalue weighted by molar-refractivity contribution is 0.109. The molecule has 0 fully saturated rings. The van der Waals surface area contributed by atoms with Gasteiger partial charge >= 0.3 is 0 Å². The Morgan fingerprint density at radius 3 is 2.45 bits per heavy atom. The van der Waals surface area contributed by atoms with Gasteiger partial charge in [0, 0.05) is 24.1 Å². The fraction of sp³-hybridized carbons (Fsp3) is 0.562. The molecule has 1 aliphatic rings. The average molecular weight is 276 g/mol. The van der Waals surface area contributed by atoms with Gasteiger partial charge in [-0.3, -0.25) is 0 Å². The molecule has 1 aromatic carbocycles. The van der Waals surface area contributed by atoms with E-state index in [2.05, 4.69) is 24.4 Å². The van der Waals surface area contributed by atoms with Crippen molar-refractivity contribution >= 4 is 5.71 Å². The van der Waals surface area contributed by atoms with Crippen LogP contribution in [-0.2, 0) is 0 Å². The molecule has 2 N–H and O–H groups in total. The molecule has 20 heavy (non-hydrogen) atoms. The number of hydrogen-bond acceptors (Lipinski definition) is 4. The Bertz CT molecular complexity index is 575. The molecule has 110 valence electrons. The Labute approximate surface area is 120 Å². The number of hydrazone groups is 1.